The van der Waals surface area contributed by atoms with Crippen molar-refractivity contribution in [3.63, 3.8) is 0 Å². The summed E-state index contributed by atoms with van der Waals surface area (Å²) in [6, 6.07) is 12.8. The van der Waals surface area contributed by atoms with Crippen LogP contribution in [0.3, 0.4) is 0 Å². The molecule has 0 saturated carbocycles. The fourth-order valence-electron chi connectivity index (χ4n) is 3.48. The summed E-state index contributed by atoms with van der Waals surface area (Å²) >= 11 is 15.0. The molecule has 0 bridgehead atoms. The monoisotopic (exact) mass is 519 g/mol. The van der Waals surface area contributed by atoms with Crippen LogP contribution in [0, 0.1) is 0 Å². The van der Waals surface area contributed by atoms with Gasteiger partial charge in [0.05, 0.1) is 18.7 Å². The molecule has 1 atom stereocenters. The van der Waals surface area contributed by atoms with Crippen LogP contribution in [0.4, 0.5) is 5.13 Å². The predicted octanol–water partition coefficient (Wildman–Crippen LogP) is 6.22. The molecule has 3 aromatic rings. The fourth-order valence-corrected chi connectivity index (χ4v) is 5.53. The van der Waals surface area contributed by atoms with Gasteiger partial charge in [0.25, 0.3) is 5.91 Å². The quantitative estimate of drug-likeness (QED) is 0.200. The number of carbonyl (C=O) groups excluding carboxylic acids is 2. The number of Topliss-reactive ketones (excluding diaryl/α,β-unsaturated/α-hetero) is 1. The molecular weight excluding hydrogens is 501 g/mol. The number of anilines is 1. The van der Waals surface area contributed by atoms with Gasteiger partial charge in [0, 0.05) is 21.4 Å². The Morgan fingerprint density at radius 2 is 1.73 bits per heavy atom. The number of aromatic nitrogens is 2. The van der Waals surface area contributed by atoms with Gasteiger partial charge in [0.2, 0.25) is 5.13 Å². The number of benzene rings is 2. The van der Waals surface area contributed by atoms with E-state index in [1.165, 1.54) is 23.3 Å². The number of nitrogens with zero attached hydrogens (tertiary/aromatic N) is 3. The van der Waals surface area contributed by atoms with Crippen molar-refractivity contribution in [1.82, 2.24) is 10.2 Å². The molecule has 0 aliphatic carbocycles. The van der Waals surface area contributed by atoms with Crippen LogP contribution in [0.2, 0.25) is 10.0 Å². The van der Waals surface area contributed by atoms with Gasteiger partial charge in [-0.15, -0.1) is 10.2 Å². The van der Waals surface area contributed by atoms with Crippen molar-refractivity contribution in [2.75, 3.05) is 17.8 Å². The highest BCUT2D eigenvalue weighted by Gasteiger charge is 2.46. The Kier molecular flexibility index (Phi) is 7.38. The third kappa shape index (κ3) is 4.80. The van der Waals surface area contributed by atoms with E-state index in [-0.39, 0.29) is 17.1 Å². The van der Waals surface area contributed by atoms with E-state index in [9.17, 15) is 9.59 Å². The molecule has 1 aromatic heterocycles. The second-order valence-electron chi connectivity index (χ2n) is 7.11. The van der Waals surface area contributed by atoms with Crippen molar-refractivity contribution in [2.45, 2.75) is 23.7 Å². The lowest BCUT2D eigenvalue weighted by atomic mass is 9.93. The molecule has 0 fully saturated rings. The molecule has 33 heavy (non-hydrogen) atoms. The maximum Gasteiger partial charge on any atom is 0.296 e. The number of methoxy groups -OCH3 is 1. The van der Waals surface area contributed by atoms with Gasteiger partial charge in [0.15, 0.2) is 15.9 Å². The number of hydrogen-bond acceptors (Lipinski definition) is 7. The van der Waals surface area contributed by atoms with Crippen molar-refractivity contribution in [2.24, 2.45) is 0 Å². The summed E-state index contributed by atoms with van der Waals surface area (Å²) in [5.74, 6) is 0.0978. The Hall–Kier alpha value is -2.39. The molecule has 0 radical (unpaired) electrons. The zero-order valence-corrected chi connectivity index (χ0v) is 20.9. The third-order valence-electron chi connectivity index (χ3n) is 4.96. The smallest absolute Gasteiger partial charge is 0.296 e. The van der Waals surface area contributed by atoms with E-state index in [2.05, 4.69) is 17.1 Å². The van der Waals surface area contributed by atoms with Gasteiger partial charge < -0.3 is 4.74 Å². The highest BCUT2D eigenvalue weighted by Crippen LogP contribution is 2.44. The molecule has 1 amide bonds. The summed E-state index contributed by atoms with van der Waals surface area (Å²) in [7, 11) is 1.38. The van der Waals surface area contributed by atoms with Crippen molar-refractivity contribution in [3.05, 3.63) is 81.0 Å². The molecule has 4 rings (SSSR count). The molecule has 10 heteroatoms. The lowest BCUT2D eigenvalue weighted by molar-refractivity contribution is -0.117. The van der Waals surface area contributed by atoms with E-state index in [0.29, 0.717) is 26.3 Å². The first-order chi connectivity index (χ1) is 15.9. The molecule has 2 aromatic carbocycles. The van der Waals surface area contributed by atoms with Crippen molar-refractivity contribution in [3.8, 4) is 0 Å². The number of ketones is 1. The van der Waals surface area contributed by atoms with E-state index in [1.807, 2.05) is 0 Å². The van der Waals surface area contributed by atoms with Crippen molar-refractivity contribution >= 4 is 63.1 Å². The van der Waals surface area contributed by atoms with E-state index in [0.717, 1.165) is 16.5 Å². The average Bonchev–Trinajstić information content (AvgIpc) is 3.39. The molecule has 1 aliphatic heterocycles. The van der Waals surface area contributed by atoms with Gasteiger partial charge in [-0.25, -0.2) is 0 Å². The number of halogens is 2. The molecule has 170 valence electrons. The average molecular weight is 520 g/mol. The topological polar surface area (TPSA) is 72.4 Å². The molecule has 6 nitrogen and oxygen atoms in total. The van der Waals surface area contributed by atoms with Gasteiger partial charge in [0.1, 0.15) is 0 Å². The van der Waals surface area contributed by atoms with Crippen LogP contribution in [0.15, 0.2) is 64.2 Å². The van der Waals surface area contributed by atoms with Gasteiger partial charge in [-0.1, -0.05) is 65.4 Å². The molecule has 0 N–H and O–H groups in total. The molecule has 0 saturated heterocycles. The van der Waals surface area contributed by atoms with Crippen LogP contribution >= 0.6 is 46.3 Å². The fraction of sp³-hybridized carbons (Fsp3) is 0.217. The van der Waals surface area contributed by atoms with Crippen LogP contribution in [-0.2, 0) is 9.53 Å². The third-order valence-corrected chi connectivity index (χ3v) is 7.73. The van der Waals surface area contributed by atoms with Crippen LogP contribution in [0.25, 0.3) is 0 Å². The summed E-state index contributed by atoms with van der Waals surface area (Å²) in [5.41, 5.74) is 1.33. The van der Waals surface area contributed by atoms with Gasteiger partial charge >= 0.3 is 0 Å². The zero-order chi connectivity index (χ0) is 23.5. The number of thioether (sulfide) groups is 1. The zero-order valence-electron chi connectivity index (χ0n) is 17.7. The minimum Gasteiger partial charge on any atom is -0.491 e. The normalized spacial score (nSPS) is 15.9. The van der Waals surface area contributed by atoms with Crippen molar-refractivity contribution in [1.29, 1.82) is 0 Å². The minimum absolute atomic E-state index is 0.0205. The van der Waals surface area contributed by atoms with Gasteiger partial charge in [-0.2, -0.15) is 0 Å². The van der Waals surface area contributed by atoms with E-state index >= 15 is 0 Å². The second kappa shape index (κ2) is 10.3. The number of ether oxygens (including phenoxy) is 1. The maximum absolute atomic E-state index is 13.6. The highest BCUT2D eigenvalue weighted by atomic mass is 35.5. The summed E-state index contributed by atoms with van der Waals surface area (Å²) in [5, 5.41) is 9.93. The highest BCUT2D eigenvalue weighted by molar-refractivity contribution is 8.01. The largest absolute Gasteiger partial charge is 0.491 e. The molecule has 1 unspecified atom stereocenters. The first-order valence-electron chi connectivity index (χ1n) is 10.1. The Morgan fingerprint density at radius 1 is 1.09 bits per heavy atom. The van der Waals surface area contributed by atoms with Gasteiger partial charge in [-0.05, 0) is 48.4 Å². The maximum atomic E-state index is 13.6. The predicted molar refractivity (Wildman–Crippen MR) is 132 cm³/mol. The molecule has 1 aliphatic rings. The Labute approximate surface area is 209 Å². The Bertz CT molecular complexity index is 1210. The van der Waals surface area contributed by atoms with Crippen LogP contribution < -0.4 is 4.90 Å². The van der Waals surface area contributed by atoms with E-state index in [4.69, 9.17) is 27.9 Å². The first kappa shape index (κ1) is 23.8. The standard InChI is InChI=1S/C23H19Cl2N3O3S2/c1-3-12-32-23-27-26-22(33-23)28-18(13-4-8-15(24)9-5-13)17(20(31-2)21(28)30)19(29)14-6-10-16(25)11-7-14/h4-11,18H,3,12H2,1-2H3. The lowest BCUT2D eigenvalue weighted by Gasteiger charge is -2.24. The summed E-state index contributed by atoms with van der Waals surface area (Å²) in [6.07, 6.45) is 0.991. The van der Waals surface area contributed by atoms with E-state index in [1.54, 1.807) is 60.3 Å². The second-order valence-corrected chi connectivity index (χ2v) is 10.3. The summed E-state index contributed by atoms with van der Waals surface area (Å²) < 4.78 is 6.22. The Morgan fingerprint density at radius 3 is 2.33 bits per heavy atom. The molecular formula is C23H19Cl2N3O3S2. The number of rotatable bonds is 8. The van der Waals surface area contributed by atoms with Crippen molar-refractivity contribution < 1.29 is 14.3 Å². The summed E-state index contributed by atoms with van der Waals surface area (Å²) in [4.78, 5) is 28.6. The SMILES string of the molecule is CCCSc1nnc(N2C(=O)C(OC)=C(C(=O)c3ccc(Cl)cc3)C2c2ccc(Cl)cc2)s1. The molecule has 2 heterocycles. The van der Waals surface area contributed by atoms with Crippen LogP contribution in [0.1, 0.15) is 35.3 Å². The van der Waals surface area contributed by atoms with Crippen LogP contribution in [0.5, 0.6) is 0 Å². The molecule has 0 spiro atoms. The minimum atomic E-state index is -0.745. The van der Waals surface area contributed by atoms with Gasteiger partial charge in [-0.3, -0.25) is 14.5 Å². The lowest BCUT2D eigenvalue weighted by Crippen LogP contribution is -2.31. The first-order valence-corrected chi connectivity index (χ1v) is 12.6. The van der Waals surface area contributed by atoms with Crippen LogP contribution in [-0.4, -0.2) is 34.8 Å². The number of carbonyl (C=O) groups is 2. The summed E-state index contributed by atoms with van der Waals surface area (Å²) in [6.45, 7) is 2.08. The number of hydrogen-bond donors (Lipinski definition) is 0. The van der Waals surface area contributed by atoms with E-state index < -0.39 is 11.9 Å². The Balaban J connectivity index is 1.83. The number of amides is 1.